The van der Waals surface area contributed by atoms with Crippen LogP contribution in [0.5, 0.6) is 0 Å². The summed E-state index contributed by atoms with van der Waals surface area (Å²) in [5.74, 6) is -1.03. The molecule has 1 heterocycles. The van der Waals surface area contributed by atoms with E-state index in [0.29, 0.717) is 5.69 Å². The van der Waals surface area contributed by atoms with Crippen LogP contribution in [0.3, 0.4) is 0 Å². The van der Waals surface area contributed by atoms with Gasteiger partial charge < -0.3 is 15.2 Å². The van der Waals surface area contributed by atoms with Crippen molar-refractivity contribution >= 4 is 12.1 Å². The van der Waals surface area contributed by atoms with E-state index in [1.54, 1.807) is 24.0 Å². The van der Waals surface area contributed by atoms with E-state index in [-0.39, 0.29) is 13.0 Å². The second-order valence-electron chi connectivity index (χ2n) is 4.77. The molecule has 0 aliphatic carbocycles. The zero-order valence-corrected chi connectivity index (χ0v) is 12.1. The Bertz CT molecular complexity index is 639. The third kappa shape index (κ3) is 4.62. The van der Waals surface area contributed by atoms with Gasteiger partial charge in [-0.25, -0.2) is 4.79 Å². The van der Waals surface area contributed by atoms with Gasteiger partial charge in [-0.05, 0) is 11.6 Å². The highest BCUT2D eigenvalue weighted by atomic mass is 16.5. The maximum atomic E-state index is 11.8. The molecule has 0 saturated heterocycles. The summed E-state index contributed by atoms with van der Waals surface area (Å²) < 4.78 is 6.63. The predicted molar refractivity (Wildman–Crippen MR) is 78.0 cm³/mol. The van der Waals surface area contributed by atoms with Gasteiger partial charge in [0, 0.05) is 13.2 Å². The molecule has 0 aliphatic rings. The van der Waals surface area contributed by atoms with Gasteiger partial charge in [-0.2, -0.15) is 5.10 Å². The molecule has 0 bridgehead atoms. The summed E-state index contributed by atoms with van der Waals surface area (Å²) >= 11 is 0. The van der Waals surface area contributed by atoms with Crippen molar-refractivity contribution in [2.45, 2.75) is 19.1 Å². The quantitative estimate of drug-likeness (QED) is 0.849. The molecule has 0 aliphatic heterocycles. The number of ether oxygens (including phenoxy) is 1. The molecule has 7 nitrogen and oxygen atoms in total. The summed E-state index contributed by atoms with van der Waals surface area (Å²) in [6, 6.07) is 10.2. The minimum Gasteiger partial charge on any atom is -0.481 e. The van der Waals surface area contributed by atoms with E-state index in [2.05, 4.69) is 10.4 Å². The number of carboxylic acids is 1. The fourth-order valence-electron chi connectivity index (χ4n) is 1.93. The van der Waals surface area contributed by atoms with E-state index in [0.717, 1.165) is 5.56 Å². The Morgan fingerprint density at radius 2 is 2.05 bits per heavy atom. The second-order valence-corrected chi connectivity index (χ2v) is 4.77. The van der Waals surface area contributed by atoms with Crippen molar-refractivity contribution in [2.75, 3.05) is 0 Å². The molecule has 0 saturated carbocycles. The highest BCUT2D eigenvalue weighted by Crippen LogP contribution is 2.15. The van der Waals surface area contributed by atoms with Gasteiger partial charge in [-0.3, -0.25) is 9.48 Å². The Kier molecular flexibility index (Phi) is 5.13. The molecular weight excluding hydrogens is 286 g/mol. The predicted octanol–water partition coefficient (Wildman–Crippen LogP) is 1.86. The number of rotatable bonds is 6. The highest BCUT2D eigenvalue weighted by molar-refractivity contribution is 5.71. The normalized spacial score (nSPS) is 11.7. The Morgan fingerprint density at radius 3 is 2.64 bits per heavy atom. The second kappa shape index (κ2) is 7.26. The first-order valence-corrected chi connectivity index (χ1v) is 6.73. The van der Waals surface area contributed by atoms with Gasteiger partial charge in [0.2, 0.25) is 0 Å². The van der Waals surface area contributed by atoms with Crippen molar-refractivity contribution < 1.29 is 19.4 Å². The van der Waals surface area contributed by atoms with Gasteiger partial charge >= 0.3 is 12.1 Å². The van der Waals surface area contributed by atoms with Gasteiger partial charge in [0.05, 0.1) is 18.2 Å². The average molecular weight is 303 g/mol. The number of carbonyl (C=O) groups excluding carboxylic acids is 1. The van der Waals surface area contributed by atoms with Gasteiger partial charge in [0.1, 0.15) is 6.61 Å². The fourth-order valence-corrected chi connectivity index (χ4v) is 1.93. The molecular formula is C15H17N3O4. The number of nitrogens with one attached hydrogen (secondary N) is 1. The number of aromatic nitrogens is 2. The maximum Gasteiger partial charge on any atom is 0.408 e. The molecule has 0 fully saturated rings. The first kappa shape index (κ1) is 15.6. The Balaban J connectivity index is 1.94. The number of benzene rings is 1. The summed E-state index contributed by atoms with van der Waals surface area (Å²) in [6.07, 6.45) is 0.735. The minimum absolute atomic E-state index is 0.120. The molecule has 0 unspecified atom stereocenters. The zero-order chi connectivity index (χ0) is 15.9. The molecule has 116 valence electrons. The van der Waals surface area contributed by atoms with Gasteiger partial charge in [0.25, 0.3) is 0 Å². The Morgan fingerprint density at radius 1 is 1.32 bits per heavy atom. The molecule has 2 aromatic rings. The number of amides is 1. The van der Waals surface area contributed by atoms with Crippen molar-refractivity contribution in [3.63, 3.8) is 0 Å². The standard InChI is InChI=1S/C15H17N3O4/c1-18-8-7-12(17-18)13(9-14(19)20)16-15(21)22-10-11-5-3-2-4-6-11/h2-8,13H,9-10H2,1H3,(H,16,21)(H,19,20)/t13-/m0/s1. The molecule has 2 N–H and O–H groups in total. The number of aryl methyl sites for hydroxylation is 1. The van der Waals surface area contributed by atoms with Crippen molar-refractivity contribution in [1.82, 2.24) is 15.1 Å². The molecule has 2 rings (SSSR count). The van der Waals surface area contributed by atoms with Crippen LogP contribution in [-0.4, -0.2) is 26.9 Å². The Hall–Kier alpha value is -2.83. The van der Waals surface area contributed by atoms with Crippen molar-refractivity contribution in [3.05, 3.63) is 53.9 Å². The SMILES string of the molecule is Cn1ccc([C@H](CC(=O)O)NC(=O)OCc2ccccc2)n1. The number of carbonyl (C=O) groups is 2. The van der Waals surface area contributed by atoms with Crippen LogP contribution >= 0.6 is 0 Å². The lowest BCUT2D eigenvalue weighted by atomic mass is 10.1. The van der Waals surface area contributed by atoms with Crippen LogP contribution in [0.25, 0.3) is 0 Å². The van der Waals surface area contributed by atoms with Gasteiger partial charge in [-0.15, -0.1) is 0 Å². The van der Waals surface area contributed by atoms with E-state index in [9.17, 15) is 9.59 Å². The van der Waals surface area contributed by atoms with Crippen LogP contribution in [0, 0.1) is 0 Å². The van der Waals surface area contributed by atoms with E-state index in [1.165, 1.54) is 0 Å². The van der Waals surface area contributed by atoms with E-state index >= 15 is 0 Å². The number of hydrogen-bond acceptors (Lipinski definition) is 4. The van der Waals surface area contributed by atoms with Crippen LogP contribution in [-0.2, 0) is 23.2 Å². The third-order valence-corrected chi connectivity index (χ3v) is 2.97. The summed E-state index contributed by atoms with van der Waals surface area (Å²) in [5.41, 5.74) is 1.33. The van der Waals surface area contributed by atoms with Gasteiger partial charge in [0.15, 0.2) is 0 Å². The summed E-state index contributed by atoms with van der Waals surface area (Å²) in [6.45, 7) is 0.120. The lowest BCUT2D eigenvalue weighted by Gasteiger charge is -2.15. The van der Waals surface area contributed by atoms with Crippen molar-refractivity contribution in [1.29, 1.82) is 0 Å². The number of nitrogens with zero attached hydrogens (tertiary/aromatic N) is 2. The maximum absolute atomic E-state index is 11.8. The van der Waals surface area contributed by atoms with E-state index < -0.39 is 18.1 Å². The highest BCUT2D eigenvalue weighted by Gasteiger charge is 2.21. The number of aliphatic carboxylic acids is 1. The van der Waals surface area contributed by atoms with Crippen molar-refractivity contribution in [2.24, 2.45) is 7.05 Å². The summed E-state index contributed by atoms with van der Waals surface area (Å²) in [5, 5.41) is 15.6. The molecule has 1 aromatic carbocycles. The monoisotopic (exact) mass is 303 g/mol. The molecule has 0 radical (unpaired) electrons. The minimum atomic E-state index is -1.03. The van der Waals surface area contributed by atoms with Crippen molar-refractivity contribution in [3.8, 4) is 0 Å². The molecule has 7 heteroatoms. The Labute approximate surface area is 127 Å². The summed E-state index contributed by atoms with van der Waals surface area (Å²) in [4.78, 5) is 22.8. The average Bonchev–Trinajstić information content (AvgIpc) is 2.92. The lowest BCUT2D eigenvalue weighted by molar-refractivity contribution is -0.137. The molecule has 1 amide bonds. The molecule has 22 heavy (non-hydrogen) atoms. The van der Waals surface area contributed by atoms with Gasteiger partial charge in [-0.1, -0.05) is 30.3 Å². The largest absolute Gasteiger partial charge is 0.481 e. The van der Waals surface area contributed by atoms with Crippen LogP contribution in [0.15, 0.2) is 42.6 Å². The topological polar surface area (TPSA) is 93.5 Å². The molecule has 0 spiro atoms. The van der Waals surface area contributed by atoms with Crippen LogP contribution in [0.4, 0.5) is 4.79 Å². The zero-order valence-electron chi connectivity index (χ0n) is 12.1. The van der Waals surface area contributed by atoms with Crippen LogP contribution in [0.2, 0.25) is 0 Å². The van der Waals surface area contributed by atoms with E-state index in [1.807, 2.05) is 30.3 Å². The first-order chi connectivity index (χ1) is 10.5. The number of carboxylic acid groups (broad SMARTS) is 1. The molecule has 1 atom stereocenters. The van der Waals surface area contributed by atoms with E-state index in [4.69, 9.17) is 9.84 Å². The molecule has 1 aromatic heterocycles. The smallest absolute Gasteiger partial charge is 0.408 e. The lowest BCUT2D eigenvalue weighted by Crippen LogP contribution is -2.31. The first-order valence-electron chi connectivity index (χ1n) is 6.73. The van der Waals surface area contributed by atoms with Crippen LogP contribution in [0.1, 0.15) is 23.7 Å². The third-order valence-electron chi connectivity index (χ3n) is 2.97. The summed E-state index contributed by atoms with van der Waals surface area (Å²) in [7, 11) is 1.72. The number of alkyl carbamates (subject to hydrolysis) is 1. The van der Waals surface area contributed by atoms with Crippen LogP contribution < -0.4 is 5.32 Å². The number of hydrogen-bond donors (Lipinski definition) is 2. The fraction of sp³-hybridized carbons (Fsp3) is 0.267.